The summed E-state index contributed by atoms with van der Waals surface area (Å²) in [5.41, 5.74) is 1.39. The van der Waals surface area contributed by atoms with Crippen LogP contribution >= 0.6 is 22.6 Å². The first-order chi connectivity index (χ1) is 11.2. The van der Waals surface area contributed by atoms with Crippen molar-refractivity contribution in [1.29, 1.82) is 0 Å². The molecule has 0 fully saturated rings. The highest BCUT2D eigenvalue weighted by molar-refractivity contribution is 14.1. The molecule has 0 N–H and O–H groups in total. The zero-order valence-electron chi connectivity index (χ0n) is 12.4. The molecule has 0 saturated heterocycles. The van der Waals surface area contributed by atoms with Gasteiger partial charge in [0.1, 0.15) is 23.7 Å². The molecule has 23 heavy (non-hydrogen) atoms. The number of hydrogen-bond acceptors (Lipinski definition) is 3. The van der Waals surface area contributed by atoms with Gasteiger partial charge in [-0.15, -0.1) is 0 Å². The lowest BCUT2D eigenvalue weighted by molar-refractivity contribution is 0.0595. The molecule has 0 aromatic heterocycles. The van der Waals surface area contributed by atoms with Crippen molar-refractivity contribution in [1.82, 2.24) is 0 Å². The third-order valence-corrected chi connectivity index (χ3v) is 3.52. The number of halogens is 2. The minimum atomic E-state index is -0.640. The average Bonchev–Trinajstić information content (AvgIpc) is 2.59. The van der Waals surface area contributed by atoms with Gasteiger partial charge in [0.2, 0.25) is 0 Å². The van der Waals surface area contributed by atoms with Gasteiger partial charge in [0.05, 0.1) is 7.11 Å². The zero-order valence-corrected chi connectivity index (χ0v) is 14.6. The molecule has 2 rings (SSSR count). The van der Waals surface area contributed by atoms with E-state index in [-0.39, 0.29) is 24.3 Å². The summed E-state index contributed by atoms with van der Waals surface area (Å²) < 4.78 is 27.2. The van der Waals surface area contributed by atoms with Crippen LogP contribution in [0.4, 0.5) is 4.39 Å². The van der Waals surface area contributed by atoms with Gasteiger partial charge in [-0.2, -0.15) is 0 Å². The number of ether oxygens (including phenoxy) is 2. The summed E-state index contributed by atoms with van der Waals surface area (Å²) >= 11 is 1.89. The van der Waals surface area contributed by atoms with Crippen molar-refractivity contribution in [3.05, 3.63) is 65.0 Å². The summed E-state index contributed by atoms with van der Waals surface area (Å²) in [6.07, 6.45) is 0.248. The Hall–Kier alpha value is -2.07. The first-order valence-electron chi connectivity index (χ1n) is 6.81. The Morgan fingerprint density at radius 3 is 2.65 bits per heavy atom. The van der Waals surface area contributed by atoms with Crippen molar-refractivity contribution >= 4 is 28.6 Å². The van der Waals surface area contributed by atoms with E-state index in [1.807, 2.05) is 52.9 Å². The van der Waals surface area contributed by atoms with Crippen molar-refractivity contribution in [3.8, 4) is 15.6 Å². The maximum Gasteiger partial charge on any atom is 0.341 e. The number of rotatable bonds is 5. The Bertz CT molecular complexity index is 748. The van der Waals surface area contributed by atoms with E-state index in [9.17, 15) is 9.18 Å². The molecule has 0 radical (unpaired) electrons. The van der Waals surface area contributed by atoms with Gasteiger partial charge in [-0.25, -0.2) is 9.18 Å². The van der Waals surface area contributed by atoms with Crippen molar-refractivity contribution in [3.63, 3.8) is 0 Å². The second-order valence-corrected chi connectivity index (χ2v) is 5.19. The molecule has 0 atom stereocenters. The lowest BCUT2D eigenvalue weighted by Gasteiger charge is -2.12. The Labute approximate surface area is 147 Å². The number of hydrogen-bond donors (Lipinski definition) is 0. The van der Waals surface area contributed by atoms with Crippen LogP contribution < -0.4 is 4.74 Å². The lowest BCUT2D eigenvalue weighted by atomic mass is 10.1. The molecular weight excluding hydrogens is 410 g/mol. The number of carbonyl (C=O) groups is 1. The maximum absolute atomic E-state index is 14.1. The fraction of sp³-hybridized carbons (Fsp3) is 0.167. The molecule has 0 aliphatic rings. The SMILES string of the molecule is COC(=O)c1cc(F)c(CC#CI)cc1OCc1ccccc1. The molecule has 2 aromatic carbocycles. The number of carbonyl (C=O) groups excluding carboxylic acids is 1. The Balaban J connectivity index is 2.32. The van der Waals surface area contributed by atoms with E-state index in [0.717, 1.165) is 11.6 Å². The smallest absolute Gasteiger partial charge is 0.341 e. The molecule has 0 heterocycles. The van der Waals surface area contributed by atoms with E-state index in [0.29, 0.717) is 5.56 Å². The summed E-state index contributed by atoms with van der Waals surface area (Å²) in [4.78, 5) is 11.8. The Morgan fingerprint density at radius 1 is 1.26 bits per heavy atom. The summed E-state index contributed by atoms with van der Waals surface area (Å²) in [6, 6.07) is 12.1. The zero-order chi connectivity index (χ0) is 16.7. The Morgan fingerprint density at radius 2 is 2.00 bits per heavy atom. The van der Waals surface area contributed by atoms with Crippen LogP contribution in [0.2, 0.25) is 0 Å². The quantitative estimate of drug-likeness (QED) is 0.412. The van der Waals surface area contributed by atoms with Crippen LogP contribution in [-0.4, -0.2) is 13.1 Å². The molecule has 0 aliphatic heterocycles. The predicted molar refractivity (Wildman–Crippen MR) is 94.0 cm³/mol. The van der Waals surface area contributed by atoms with Crippen molar-refractivity contribution < 1.29 is 18.7 Å². The monoisotopic (exact) mass is 424 g/mol. The minimum Gasteiger partial charge on any atom is -0.488 e. The van der Waals surface area contributed by atoms with E-state index in [4.69, 9.17) is 9.47 Å². The number of methoxy groups -OCH3 is 1. The van der Waals surface area contributed by atoms with Crippen LogP contribution in [0.3, 0.4) is 0 Å². The van der Waals surface area contributed by atoms with Gasteiger partial charge in [0, 0.05) is 34.6 Å². The van der Waals surface area contributed by atoms with Crippen LogP contribution in [0.15, 0.2) is 42.5 Å². The third-order valence-electron chi connectivity index (χ3n) is 3.14. The first kappa shape index (κ1) is 17.3. The van der Waals surface area contributed by atoms with Gasteiger partial charge in [-0.3, -0.25) is 0 Å². The van der Waals surface area contributed by atoms with E-state index < -0.39 is 11.8 Å². The van der Waals surface area contributed by atoms with Gasteiger partial charge in [-0.05, 0) is 21.6 Å². The average molecular weight is 424 g/mol. The van der Waals surface area contributed by atoms with Crippen LogP contribution in [0, 0.1) is 15.7 Å². The molecule has 5 heteroatoms. The van der Waals surface area contributed by atoms with Gasteiger partial charge in [-0.1, -0.05) is 36.3 Å². The van der Waals surface area contributed by atoms with Crippen LogP contribution in [0.25, 0.3) is 0 Å². The predicted octanol–water partition coefficient (Wildman–Crippen LogP) is 4.13. The topological polar surface area (TPSA) is 35.5 Å². The summed E-state index contributed by atoms with van der Waals surface area (Å²) in [6.45, 7) is 0.272. The van der Waals surface area contributed by atoms with Crippen molar-refractivity contribution in [2.75, 3.05) is 7.11 Å². The fourth-order valence-corrected chi connectivity index (χ4v) is 2.17. The number of benzene rings is 2. The standard InChI is InChI=1S/C18H14FIO3/c1-22-18(21)15-11-16(19)14(8-5-9-20)10-17(15)23-12-13-6-3-2-4-7-13/h2-4,6-7,10-11H,8,12H2,1H3. The molecule has 2 aromatic rings. The molecular formula is C18H14FIO3. The molecule has 0 amide bonds. The first-order valence-corrected chi connectivity index (χ1v) is 7.89. The summed E-state index contributed by atoms with van der Waals surface area (Å²) in [5.74, 6) is 1.94. The van der Waals surface area contributed by atoms with E-state index in [1.165, 1.54) is 13.2 Å². The van der Waals surface area contributed by atoms with Gasteiger partial charge in [0.25, 0.3) is 0 Å². The van der Waals surface area contributed by atoms with E-state index in [2.05, 4.69) is 9.85 Å². The van der Waals surface area contributed by atoms with Crippen molar-refractivity contribution in [2.24, 2.45) is 0 Å². The third kappa shape index (κ3) is 4.70. The summed E-state index contributed by atoms with van der Waals surface area (Å²) in [7, 11) is 1.25. The fourth-order valence-electron chi connectivity index (χ4n) is 1.98. The highest BCUT2D eigenvalue weighted by atomic mass is 127. The van der Waals surface area contributed by atoms with Gasteiger partial charge in [0.15, 0.2) is 0 Å². The van der Waals surface area contributed by atoms with Crippen LogP contribution in [-0.2, 0) is 17.8 Å². The largest absolute Gasteiger partial charge is 0.488 e. The van der Waals surface area contributed by atoms with Crippen LogP contribution in [0.5, 0.6) is 5.75 Å². The second kappa shape index (κ2) is 8.53. The van der Waals surface area contributed by atoms with Gasteiger partial charge >= 0.3 is 5.97 Å². The molecule has 0 saturated carbocycles. The molecule has 0 bridgehead atoms. The van der Waals surface area contributed by atoms with Crippen LogP contribution in [0.1, 0.15) is 21.5 Å². The van der Waals surface area contributed by atoms with E-state index >= 15 is 0 Å². The molecule has 0 spiro atoms. The van der Waals surface area contributed by atoms with Crippen molar-refractivity contribution in [2.45, 2.75) is 13.0 Å². The lowest BCUT2D eigenvalue weighted by Crippen LogP contribution is -2.08. The van der Waals surface area contributed by atoms with E-state index in [1.54, 1.807) is 0 Å². The minimum absolute atomic E-state index is 0.0621. The highest BCUT2D eigenvalue weighted by Crippen LogP contribution is 2.25. The highest BCUT2D eigenvalue weighted by Gasteiger charge is 2.17. The van der Waals surface area contributed by atoms with Gasteiger partial charge < -0.3 is 9.47 Å². The maximum atomic E-state index is 14.1. The normalized spacial score (nSPS) is 9.70. The second-order valence-electron chi connectivity index (χ2n) is 4.65. The molecule has 3 nitrogen and oxygen atoms in total. The number of esters is 1. The molecule has 0 aliphatic carbocycles. The molecule has 0 unspecified atom stereocenters. The summed E-state index contributed by atoms with van der Waals surface area (Å²) in [5, 5.41) is 0. The Kier molecular flexibility index (Phi) is 6.41. The molecule has 118 valence electrons.